The number of carbonyl (C=O) groups excluding carboxylic acids is 1. The van der Waals surface area contributed by atoms with E-state index in [9.17, 15) is 26.4 Å². The molecular formula is C18H25F3N4O4S. The minimum Gasteiger partial charge on any atom is -0.444 e. The summed E-state index contributed by atoms with van der Waals surface area (Å²) < 4.78 is 71.6. The number of sulfonamides is 1. The van der Waals surface area contributed by atoms with E-state index >= 15 is 0 Å². The quantitative estimate of drug-likeness (QED) is 0.688. The second kappa shape index (κ2) is 7.33. The number of fused-ring (bicyclic) bond motifs is 1. The number of nitrogens with zero attached hydrogens (tertiary/aromatic N) is 4. The third kappa shape index (κ3) is 4.39. The summed E-state index contributed by atoms with van der Waals surface area (Å²) >= 11 is 0. The van der Waals surface area contributed by atoms with Gasteiger partial charge < -0.3 is 9.64 Å². The van der Waals surface area contributed by atoms with Crippen LogP contribution >= 0.6 is 0 Å². The molecule has 0 saturated carbocycles. The lowest BCUT2D eigenvalue weighted by Gasteiger charge is -2.26. The Morgan fingerprint density at radius 3 is 1.87 bits per heavy atom. The van der Waals surface area contributed by atoms with Gasteiger partial charge in [-0.2, -0.15) is 17.5 Å². The predicted octanol–water partition coefficient (Wildman–Crippen LogP) is 2.60. The normalized spacial score (nSPS) is 23.0. The molecule has 8 nitrogen and oxygen atoms in total. The zero-order valence-corrected chi connectivity index (χ0v) is 18.3. The lowest BCUT2D eigenvalue weighted by Crippen LogP contribution is -2.38. The Bertz CT molecular complexity index is 922. The molecule has 2 aliphatic heterocycles. The van der Waals surface area contributed by atoms with Crippen LogP contribution in [0.3, 0.4) is 0 Å². The Morgan fingerprint density at radius 1 is 1.00 bits per heavy atom. The van der Waals surface area contributed by atoms with Crippen molar-refractivity contribution in [2.24, 2.45) is 11.8 Å². The van der Waals surface area contributed by atoms with Crippen molar-refractivity contribution in [3.63, 3.8) is 0 Å². The lowest BCUT2D eigenvalue weighted by molar-refractivity contribution is -0.145. The Kier molecular flexibility index (Phi) is 5.55. The van der Waals surface area contributed by atoms with E-state index in [1.807, 2.05) is 0 Å². The monoisotopic (exact) mass is 450 g/mol. The average Bonchev–Trinajstić information content (AvgIpc) is 3.10. The highest BCUT2D eigenvalue weighted by Gasteiger charge is 2.47. The molecule has 2 saturated heterocycles. The molecule has 2 aliphatic rings. The maximum atomic E-state index is 13.1. The summed E-state index contributed by atoms with van der Waals surface area (Å²) in [6.07, 6.45) is -5.19. The van der Waals surface area contributed by atoms with Gasteiger partial charge in [0.1, 0.15) is 10.5 Å². The van der Waals surface area contributed by atoms with E-state index in [0.717, 1.165) is 0 Å². The van der Waals surface area contributed by atoms with Crippen LogP contribution in [0.2, 0.25) is 0 Å². The summed E-state index contributed by atoms with van der Waals surface area (Å²) in [5, 5.41) is 0. The molecule has 168 valence electrons. The Labute approximate surface area is 173 Å². The van der Waals surface area contributed by atoms with Crippen LogP contribution in [0.25, 0.3) is 0 Å². The summed E-state index contributed by atoms with van der Waals surface area (Å²) in [6.45, 7) is 8.86. The van der Waals surface area contributed by atoms with Crippen molar-refractivity contribution in [3.8, 4) is 0 Å². The average molecular weight is 450 g/mol. The standard InChI is InChI=1S/C18H25F3N4O4S/c1-10-14(11(2)23-15(22-10)18(19,20)21)30(27,28)25-8-12-6-24(7-13(12)9-25)16(26)29-17(3,4)5/h12-13H,6-9H2,1-5H3/t12-,13-/m1/s1. The van der Waals surface area contributed by atoms with Gasteiger partial charge in [-0.15, -0.1) is 0 Å². The Morgan fingerprint density at radius 2 is 1.47 bits per heavy atom. The number of amides is 1. The first kappa shape index (κ1) is 22.7. The minimum atomic E-state index is -4.76. The zero-order chi connectivity index (χ0) is 22.6. The summed E-state index contributed by atoms with van der Waals surface area (Å²) in [4.78, 5) is 20.3. The topological polar surface area (TPSA) is 92.7 Å². The van der Waals surface area contributed by atoms with Gasteiger partial charge in [-0.1, -0.05) is 0 Å². The van der Waals surface area contributed by atoms with Gasteiger partial charge in [-0.3, -0.25) is 0 Å². The number of aryl methyl sites for hydroxylation is 2. The largest absolute Gasteiger partial charge is 0.451 e. The molecular weight excluding hydrogens is 425 g/mol. The Hall–Kier alpha value is -1.95. The fourth-order valence-corrected chi connectivity index (χ4v) is 5.83. The van der Waals surface area contributed by atoms with E-state index in [1.54, 1.807) is 25.7 Å². The molecule has 0 aliphatic carbocycles. The van der Waals surface area contributed by atoms with Gasteiger partial charge in [-0.05, 0) is 46.5 Å². The van der Waals surface area contributed by atoms with Gasteiger partial charge in [0.05, 0.1) is 11.4 Å². The second-order valence-corrected chi connectivity index (χ2v) is 10.6. The summed E-state index contributed by atoms with van der Waals surface area (Å²) in [5.41, 5.74) is -1.09. The maximum Gasteiger partial charge on any atom is 0.451 e. The number of alkyl halides is 3. The van der Waals surface area contributed by atoms with E-state index in [-0.39, 0.29) is 41.2 Å². The minimum absolute atomic E-state index is 0.0664. The molecule has 12 heteroatoms. The van der Waals surface area contributed by atoms with Crippen LogP contribution in [0.5, 0.6) is 0 Å². The van der Waals surface area contributed by atoms with Crippen molar-refractivity contribution < 1.29 is 31.1 Å². The highest BCUT2D eigenvalue weighted by molar-refractivity contribution is 7.89. The molecule has 0 bridgehead atoms. The van der Waals surface area contributed by atoms with Gasteiger partial charge in [0, 0.05) is 26.2 Å². The number of likely N-dealkylation sites (tertiary alicyclic amines) is 1. The maximum absolute atomic E-state index is 13.1. The molecule has 1 aromatic heterocycles. The Balaban J connectivity index is 1.76. The molecule has 0 spiro atoms. The molecule has 0 aromatic carbocycles. The first-order valence-corrected chi connectivity index (χ1v) is 10.9. The summed E-state index contributed by atoms with van der Waals surface area (Å²) in [7, 11) is -4.06. The SMILES string of the molecule is Cc1nc(C(F)(F)F)nc(C)c1S(=O)(=O)N1C[C@H]2CN(C(=O)OC(C)(C)C)C[C@@H]2C1. The number of halogens is 3. The highest BCUT2D eigenvalue weighted by Crippen LogP contribution is 2.36. The van der Waals surface area contributed by atoms with E-state index in [2.05, 4.69) is 9.97 Å². The number of aromatic nitrogens is 2. The van der Waals surface area contributed by atoms with E-state index in [4.69, 9.17) is 4.74 Å². The van der Waals surface area contributed by atoms with Crippen LogP contribution < -0.4 is 0 Å². The number of rotatable bonds is 2. The van der Waals surface area contributed by atoms with Crippen LogP contribution in [0.15, 0.2) is 4.90 Å². The van der Waals surface area contributed by atoms with Crippen LogP contribution in [-0.4, -0.2) is 65.5 Å². The van der Waals surface area contributed by atoms with Crippen LogP contribution in [0, 0.1) is 25.7 Å². The fourth-order valence-electron chi connectivity index (χ4n) is 3.96. The van der Waals surface area contributed by atoms with Crippen molar-refractivity contribution >= 4 is 16.1 Å². The number of hydrogen-bond acceptors (Lipinski definition) is 6. The number of ether oxygens (including phenoxy) is 1. The molecule has 2 atom stereocenters. The molecule has 2 fully saturated rings. The molecule has 30 heavy (non-hydrogen) atoms. The molecule has 1 aromatic rings. The van der Waals surface area contributed by atoms with Crippen molar-refractivity contribution in [1.82, 2.24) is 19.2 Å². The van der Waals surface area contributed by atoms with Gasteiger partial charge in [0.25, 0.3) is 0 Å². The van der Waals surface area contributed by atoms with E-state index in [1.165, 1.54) is 18.2 Å². The van der Waals surface area contributed by atoms with Gasteiger partial charge in [-0.25, -0.2) is 23.2 Å². The van der Waals surface area contributed by atoms with E-state index < -0.39 is 33.7 Å². The lowest BCUT2D eigenvalue weighted by atomic mass is 10.0. The summed E-state index contributed by atoms with van der Waals surface area (Å²) in [6, 6.07) is 0. The van der Waals surface area contributed by atoms with Crippen molar-refractivity contribution in [1.29, 1.82) is 0 Å². The molecule has 0 N–H and O–H groups in total. The van der Waals surface area contributed by atoms with Crippen LogP contribution in [0.4, 0.5) is 18.0 Å². The van der Waals surface area contributed by atoms with Crippen molar-refractivity contribution in [2.45, 2.75) is 51.3 Å². The third-order valence-corrected chi connectivity index (χ3v) is 7.24. The second-order valence-electron chi connectivity index (χ2n) is 8.77. The van der Waals surface area contributed by atoms with Gasteiger partial charge in [0.2, 0.25) is 15.8 Å². The number of carbonyl (C=O) groups is 1. The summed E-state index contributed by atoms with van der Waals surface area (Å²) in [5.74, 6) is -1.49. The van der Waals surface area contributed by atoms with Crippen molar-refractivity contribution in [2.75, 3.05) is 26.2 Å². The smallest absolute Gasteiger partial charge is 0.444 e. The first-order valence-electron chi connectivity index (χ1n) is 9.50. The van der Waals surface area contributed by atoms with Crippen molar-refractivity contribution in [3.05, 3.63) is 17.2 Å². The third-order valence-electron chi connectivity index (χ3n) is 5.16. The van der Waals surface area contributed by atoms with Crippen LogP contribution in [0.1, 0.15) is 38.0 Å². The first-order chi connectivity index (χ1) is 13.6. The zero-order valence-electron chi connectivity index (χ0n) is 17.4. The molecule has 1 amide bonds. The predicted molar refractivity (Wildman–Crippen MR) is 100 cm³/mol. The highest BCUT2D eigenvalue weighted by atomic mass is 32.2. The van der Waals surface area contributed by atoms with Gasteiger partial charge >= 0.3 is 12.3 Å². The molecule has 3 rings (SSSR count). The van der Waals surface area contributed by atoms with Gasteiger partial charge in [0.15, 0.2) is 0 Å². The molecule has 0 unspecified atom stereocenters. The molecule has 0 radical (unpaired) electrons. The molecule has 3 heterocycles. The number of hydrogen-bond donors (Lipinski definition) is 0. The van der Waals surface area contributed by atoms with E-state index in [0.29, 0.717) is 13.1 Å². The fraction of sp³-hybridized carbons (Fsp3) is 0.722. The van der Waals surface area contributed by atoms with Crippen LogP contribution in [-0.2, 0) is 20.9 Å².